The molecule has 0 saturated heterocycles. The van der Waals surface area contributed by atoms with Crippen molar-refractivity contribution in [1.82, 2.24) is 48.8 Å². The van der Waals surface area contributed by atoms with Gasteiger partial charge in [0.2, 0.25) is 0 Å². The molecule has 0 spiro atoms. The lowest BCUT2D eigenvalue weighted by Gasteiger charge is -2.20. The van der Waals surface area contributed by atoms with Crippen LogP contribution in [-0.2, 0) is 0 Å². The molecule has 0 aromatic carbocycles. The molecular formula is C40H50ClN13S3. The van der Waals surface area contributed by atoms with Crippen molar-refractivity contribution >= 4 is 93.4 Å². The second-order valence-corrected chi connectivity index (χ2v) is 17.7. The summed E-state index contributed by atoms with van der Waals surface area (Å²) >= 11 is 10.5. The van der Waals surface area contributed by atoms with Gasteiger partial charge in [0.15, 0.2) is 15.4 Å². The van der Waals surface area contributed by atoms with Crippen LogP contribution in [0.5, 0.6) is 0 Å². The van der Waals surface area contributed by atoms with E-state index in [0.29, 0.717) is 10.3 Å². The number of pyridine rings is 3. The molecule has 8 heterocycles. The van der Waals surface area contributed by atoms with Gasteiger partial charge >= 0.3 is 0 Å². The number of thiazole rings is 3. The highest BCUT2D eigenvalue weighted by atomic mass is 35.5. The molecule has 0 bridgehead atoms. The van der Waals surface area contributed by atoms with Gasteiger partial charge in [-0.1, -0.05) is 45.6 Å². The molecule has 17 heteroatoms. The van der Waals surface area contributed by atoms with Crippen LogP contribution in [0.1, 0.15) is 22.8 Å². The molecule has 0 saturated carbocycles. The Hall–Kier alpha value is -4.71. The second kappa shape index (κ2) is 18.3. The summed E-state index contributed by atoms with van der Waals surface area (Å²) in [6.45, 7) is 12.2. The number of rotatable bonds is 10. The summed E-state index contributed by atoms with van der Waals surface area (Å²) in [5, 5.41) is 3.00. The van der Waals surface area contributed by atoms with Crippen molar-refractivity contribution in [1.29, 1.82) is 0 Å². The van der Waals surface area contributed by atoms with E-state index in [2.05, 4.69) is 148 Å². The van der Waals surface area contributed by atoms with E-state index in [4.69, 9.17) is 27.3 Å². The lowest BCUT2D eigenvalue weighted by molar-refractivity contribution is 0.416. The lowest BCUT2D eigenvalue weighted by atomic mass is 10.4. The molecule has 0 aliphatic carbocycles. The number of likely N-dealkylation sites (N-methyl/N-ethyl adjacent to an activating group) is 4. The van der Waals surface area contributed by atoms with E-state index >= 15 is 0 Å². The van der Waals surface area contributed by atoms with Crippen LogP contribution in [0.3, 0.4) is 0 Å². The first-order valence-electron chi connectivity index (χ1n) is 18.4. The number of nitrogen functional groups attached to an aromatic ring is 1. The van der Waals surface area contributed by atoms with Gasteiger partial charge in [-0.3, -0.25) is 9.13 Å². The van der Waals surface area contributed by atoms with E-state index in [-0.39, 0.29) is 0 Å². The van der Waals surface area contributed by atoms with E-state index in [1.807, 2.05) is 25.2 Å². The molecule has 8 rings (SSSR count). The molecule has 0 aliphatic heterocycles. The minimum Gasteiger partial charge on any atom is -0.375 e. The number of aromatic nitrogens is 8. The molecule has 8 aromatic heterocycles. The Morgan fingerprint density at radius 3 is 1.32 bits per heavy atom. The lowest BCUT2D eigenvalue weighted by Crippen LogP contribution is -2.28. The first-order valence-corrected chi connectivity index (χ1v) is 21.3. The largest absolute Gasteiger partial charge is 0.375 e. The van der Waals surface area contributed by atoms with Crippen LogP contribution in [0, 0.1) is 27.7 Å². The minimum atomic E-state index is 0.508. The summed E-state index contributed by atoms with van der Waals surface area (Å²) in [4.78, 5) is 38.6. The summed E-state index contributed by atoms with van der Waals surface area (Å²) < 4.78 is 4.31. The van der Waals surface area contributed by atoms with Crippen molar-refractivity contribution in [3.8, 4) is 10.3 Å². The number of nitrogens with two attached hydrogens (primary N) is 1. The van der Waals surface area contributed by atoms with E-state index < -0.39 is 0 Å². The number of hydrogen-bond acceptors (Lipinski definition) is 14. The van der Waals surface area contributed by atoms with Crippen LogP contribution in [0.2, 0.25) is 5.15 Å². The number of aryl methyl sites for hydroxylation is 4. The van der Waals surface area contributed by atoms with E-state index in [9.17, 15) is 0 Å². The van der Waals surface area contributed by atoms with Gasteiger partial charge in [-0.05, 0) is 117 Å². The Bertz CT molecular complexity index is 2540. The maximum absolute atomic E-state index is 5.88. The average Bonchev–Trinajstić information content (AvgIpc) is 3.99. The van der Waals surface area contributed by atoms with Gasteiger partial charge in [0.1, 0.15) is 47.8 Å². The molecule has 0 atom stereocenters. The Balaban J connectivity index is 0.000000147. The standard InChI is InChI=1S/C17H23N5S.C12H10ClN3S.C11H17N5S/c1-12-6-7-13(2)22(12)17-18-14-8-9-15(19-16(14)23-17)21(5)11-10-20(3)4;1-7-3-4-8(2)16(7)12-14-9-5-6-10(13)15-11(9)17-12;1-15(2)6-7-16(3)9-5-4-8-10(14-9)17-11(12)13-8/h6-9H,10-11H2,1-5H3;3-6H,1-2H3;4-5H,6-7H2,1-3H3,(H2,12,13). The van der Waals surface area contributed by atoms with Gasteiger partial charge in [0.05, 0.1) is 0 Å². The summed E-state index contributed by atoms with van der Waals surface area (Å²) in [6.07, 6.45) is 0. The van der Waals surface area contributed by atoms with Crippen molar-refractivity contribution in [3.05, 3.63) is 88.6 Å². The normalized spacial score (nSPS) is 11.4. The summed E-state index contributed by atoms with van der Waals surface area (Å²) in [5.74, 6) is 1.96. The Kier molecular flexibility index (Phi) is 13.4. The average molecular weight is 845 g/mol. The van der Waals surface area contributed by atoms with Crippen molar-refractivity contribution < 1.29 is 0 Å². The van der Waals surface area contributed by atoms with Gasteiger partial charge in [-0.2, -0.15) is 0 Å². The van der Waals surface area contributed by atoms with Gasteiger partial charge in [-0.15, -0.1) is 0 Å². The number of nitrogens with zero attached hydrogens (tertiary/aromatic N) is 12. The van der Waals surface area contributed by atoms with Crippen LogP contribution >= 0.6 is 45.6 Å². The Morgan fingerprint density at radius 2 is 0.877 bits per heavy atom. The van der Waals surface area contributed by atoms with Crippen LogP contribution in [0.15, 0.2) is 60.7 Å². The number of hydrogen-bond donors (Lipinski definition) is 1. The maximum atomic E-state index is 5.88. The van der Waals surface area contributed by atoms with Crippen LogP contribution in [0.4, 0.5) is 16.8 Å². The molecule has 8 aromatic rings. The summed E-state index contributed by atoms with van der Waals surface area (Å²) in [6, 6.07) is 20.2. The van der Waals surface area contributed by atoms with Crippen LogP contribution in [-0.4, -0.2) is 117 Å². The zero-order valence-corrected chi connectivity index (χ0v) is 37.4. The van der Waals surface area contributed by atoms with Gasteiger partial charge in [0.25, 0.3) is 0 Å². The first kappa shape index (κ1) is 41.9. The fraction of sp³-hybridized carbons (Fsp3) is 0.350. The number of fused-ring (bicyclic) bond motifs is 3. The number of anilines is 3. The monoisotopic (exact) mass is 843 g/mol. The van der Waals surface area contributed by atoms with Crippen molar-refractivity contribution in [2.24, 2.45) is 0 Å². The molecular weight excluding hydrogens is 794 g/mol. The fourth-order valence-corrected chi connectivity index (χ4v) is 8.90. The predicted molar refractivity (Wildman–Crippen MR) is 243 cm³/mol. The smallest absolute Gasteiger partial charge is 0.196 e. The molecule has 2 N–H and O–H groups in total. The SMILES string of the molecule is CN(C)CCN(C)c1ccc2nc(N)sc2n1.Cc1ccc(C)n1-c1nc2ccc(Cl)nc2s1.Cc1ccc(C)n1-c1nc2ccc(N(C)CCN(C)C)nc2s1. The Morgan fingerprint density at radius 1 is 0.491 bits per heavy atom. The molecule has 0 amide bonds. The van der Waals surface area contributed by atoms with Gasteiger partial charge in [0, 0.05) is 63.1 Å². The highest BCUT2D eigenvalue weighted by molar-refractivity contribution is 7.21. The molecule has 0 fully saturated rings. The molecule has 57 heavy (non-hydrogen) atoms. The molecule has 300 valence electrons. The minimum absolute atomic E-state index is 0.508. The third-order valence-electron chi connectivity index (χ3n) is 9.17. The molecule has 0 unspecified atom stereocenters. The molecule has 0 radical (unpaired) electrons. The van der Waals surface area contributed by atoms with E-state index in [1.54, 1.807) is 28.7 Å². The zero-order chi connectivity index (χ0) is 41.0. The third-order valence-corrected chi connectivity index (χ3v) is 12.1. The first-order chi connectivity index (χ1) is 27.2. The van der Waals surface area contributed by atoms with Crippen LogP contribution in [0.25, 0.3) is 41.3 Å². The molecule has 13 nitrogen and oxygen atoms in total. The van der Waals surface area contributed by atoms with Crippen LogP contribution < -0.4 is 15.5 Å². The highest BCUT2D eigenvalue weighted by Gasteiger charge is 2.14. The predicted octanol–water partition coefficient (Wildman–Crippen LogP) is 8.12. The van der Waals surface area contributed by atoms with Gasteiger partial charge in [-0.25, -0.2) is 29.9 Å². The Labute approximate surface area is 351 Å². The van der Waals surface area contributed by atoms with Crippen molar-refractivity contribution in [3.63, 3.8) is 0 Å². The summed E-state index contributed by atoms with van der Waals surface area (Å²) in [7, 11) is 12.4. The van der Waals surface area contributed by atoms with E-state index in [1.165, 1.54) is 34.1 Å². The summed E-state index contributed by atoms with van der Waals surface area (Å²) in [5.41, 5.74) is 13.1. The second-order valence-electron chi connectivity index (χ2n) is 14.3. The van der Waals surface area contributed by atoms with E-state index in [0.717, 1.165) is 79.1 Å². The van der Waals surface area contributed by atoms with Gasteiger partial charge < -0.3 is 25.3 Å². The third kappa shape index (κ3) is 10.2. The van der Waals surface area contributed by atoms with Crippen molar-refractivity contribution in [2.75, 3.05) is 84.0 Å². The number of halogens is 1. The molecule has 0 aliphatic rings. The van der Waals surface area contributed by atoms with Crippen molar-refractivity contribution in [2.45, 2.75) is 27.7 Å². The zero-order valence-electron chi connectivity index (χ0n) is 34.1. The quantitative estimate of drug-likeness (QED) is 0.134. The maximum Gasteiger partial charge on any atom is 0.196 e. The fourth-order valence-electron chi connectivity index (χ4n) is 5.89. The highest BCUT2D eigenvalue weighted by Crippen LogP contribution is 2.29. The topological polar surface area (TPSA) is 126 Å².